The van der Waals surface area contributed by atoms with Crippen molar-refractivity contribution in [3.8, 4) is 5.75 Å². The van der Waals surface area contributed by atoms with Gasteiger partial charge in [-0.2, -0.15) is 0 Å². The first-order valence-corrected chi connectivity index (χ1v) is 8.54. The molecule has 0 aliphatic carbocycles. The number of rotatable bonds is 6. The van der Waals surface area contributed by atoms with Gasteiger partial charge < -0.3 is 15.2 Å². The van der Waals surface area contributed by atoms with Crippen molar-refractivity contribution in [1.82, 2.24) is 0 Å². The Balaban J connectivity index is 2.24. The molecule has 0 aromatic heterocycles. The van der Waals surface area contributed by atoms with Crippen LogP contribution in [0.5, 0.6) is 5.75 Å². The number of hydrogen-bond donors (Lipinski definition) is 2. The molecule has 0 saturated heterocycles. The second-order valence-corrected chi connectivity index (χ2v) is 7.35. The molecule has 1 amide bonds. The fourth-order valence-corrected chi connectivity index (χ4v) is 2.66. The largest absolute Gasteiger partial charge is 0.482 e. The minimum absolute atomic E-state index is 0.103. The number of carboxylic acids is 1. The van der Waals surface area contributed by atoms with Crippen molar-refractivity contribution < 1.29 is 24.4 Å². The van der Waals surface area contributed by atoms with Crippen molar-refractivity contribution in [3.05, 3.63) is 63.2 Å². The van der Waals surface area contributed by atoms with Crippen LogP contribution in [0, 0.1) is 17.0 Å². The van der Waals surface area contributed by atoms with E-state index in [1.54, 1.807) is 31.2 Å². The molecule has 8 nitrogen and oxygen atoms in total. The number of carbonyl (C=O) groups is 2. The van der Waals surface area contributed by atoms with Crippen molar-refractivity contribution in [1.29, 1.82) is 0 Å². The number of carboxylic acid groups (broad SMARTS) is 1. The molecule has 0 aliphatic heterocycles. The minimum Gasteiger partial charge on any atom is -0.482 e. The Labute approximate surface area is 162 Å². The number of anilines is 1. The SMILES string of the molecule is Cc1cc(OCC(=O)O)ccc1NC(=O)c1ccc(C(C)(C)C)c([N+](=O)[O-])c1. The molecule has 148 valence electrons. The fourth-order valence-electron chi connectivity index (χ4n) is 2.66. The summed E-state index contributed by atoms with van der Waals surface area (Å²) in [6.45, 7) is 6.87. The number of ether oxygens (including phenoxy) is 1. The Morgan fingerprint density at radius 3 is 2.39 bits per heavy atom. The Morgan fingerprint density at radius 1 is 1.18 bits per heavy atom. The van der Waals surface area contributed by atoms with E-state index in [0.717, 1.165) is 0 Å². The van der Waals surface area contributed by atoms with Crippen LogP contribution in [0.2, 0.25) is 0 Å². The molecule has 2 aromatic rings. The fraction of sp³-hybridized carbons (Fsp3) is 0.300. The summed E-state index contributed by atoms with van der Waals surface area (Å²) in [6.07, 6.45) is 0. The average molecular weight is 386 g/mol. The maximum atomic E-state index is 12.6. The van der Waals surface area contributed by atoms with Gasteiger partial charge >= 0.3 is 5.97 Å². The second-order valence-electron chi connectivity index (χ2n) is 7.35. The molecule has 0 atom stereocenters. The highest BCUT2D eigenvalue weighted by atomic mass is 16.6. The number of aryl methyl sites for hydroxylation is 1. The zero-order valence-corrected chi connectivity index (χ0v) is 16.1. The van der Waals surface area contributed by atoms with E-state index in [9.17, 15) is 19.7 Å². The van der Waals surface area contributed by atoms with Crippen LogP contribution in [-0.4, -0.2) is 28.5 Å². The average Bonchev–Trinajstić information content (AvgIpc) is 2.60. The summed E-state index contributed by atoms with van der Waals surface area (Å²) in [5, 5.41) is 22.8. The summed E-state index contributed by atoms with van der Waals surface area (Å²) in [7, 11) is 0. The van der Waals surface area contributed by atoms with Gasteiger partial charge in [0.05, 0.1) is 4.92 Å². The molecular formula is C20H22N2O6. The van der Waals surface area contributed by atoms with Crippen LogP contribution in [0.3, 0.4) is 0 Å². The Hall–Kier alpha value is -3.42. The number of nitrogens with zero attached hydrogens (tertiary/aromatic N) is 1. The third-order valence-corrected chi connectivity index (χ3v) is 4.07. The molecule has 28 heavy (non-hydrogen) atoms. The second kappa shape index (κ2) is 8.08. The van der Waals surface area contributed by atoms with Crippen molar-refractivity contribution in [2.24, 2.45) is 0 Å². The first-order valence-electron chi connectivity index (χ1n) is 8.54. The first kappa shape index (κ1) is 20.9. The van der Waals surface area contributed by atoms with E-state index < -0.39 is 28.8 Å². The molecule has 0 radical (unpaired) electrons. The smallest absolute Gasteiger partial charge is 0.341 e. The highest BCUT2D eigenvalue weighted by molar-refractivity contribution is 6.05. The van der Waals surface area contributed by atoms with E-state index in [1.807, 2.05) is 20.8 Å². The van der Waals surface area contributed by atoms with Crippen molar-refractivity contribution >= 4 is 23.3 Å². The molecule has 8 heteroatoms. The number of nitro groups is 1. The van der Waals surface area contributed by atoms with Gasteiger partial charge in [-0.15, -0.1) is 0 Å². The highest BCUT2D eigenvalue weighted by Gasteiger charge is 2.26. The van der Waals surface area contributed by atoms with E-state index in [2.05, 4.69) is 5.32 Å². The molecule has 0 unspecified atom stereocenters. The summed E-state index contributed by atoms with van der Waals surface area (Å²) >= 11 is 0. The molecule has 0 heterocycles. The van der Waals surface area contributed by atoms with Gasteiger partial charge in [0.1, 0.15) is 5.75 Å². The van der Waals surface area contributed by atoms with E-state index in [1.165, 1.54) is 12.1 Å². The summed E-state index contributed by atoms with van der Waals surface area (Å²) in [6, 6.07) is 9.16. The van der Waals surface area contributed by atoms with E-state index in [0.29, 0.717) is 22.6 Å². The predicted octanol–water partition coefficient (Wildman–Crippen LogP) is 3.92. The Kier molecular flexibility index (Phi) is 6.03. The summed E-state index contributed by atoms with van der Waals surface area (Å²) in [5.74, 6) is -1.20. The van der Waals surface area contributed by atoms with Crippen LogP contribution in [0.1, 0.15) is 42.3 Å². The van der Waals surface area contributed by atoms with E-state index in [-0.39, 0.29) is 11.3 Å². The van der Waals surface area contributed by atoms with Crippen molar-refractivity contribution in [3.63, 3.8) is 0 Å². The quantitative estimate of drug-likeness (QED) is 0.574. The molecular weight excluding hydrogens is 364 g/mol. The zero-order chi connectivity index (χ0) is 21.1. The van der Waals surface area contributed by atoms with E-state index >= 15 is 0 Å². The van der Waals surface area contributed by atoms with Gasteiger partial charge in [-0.1, -0.05) is 26.8 Å². The van der Waals surface area contributed by atoms with Gasteiger partial charge in [-0.05, 0) is 42.2 Å². The lowest BCUT2D eigenvalue weighted by atomic mass is 9.85. The lowest BCUT2D eigenvalue weighted by Crippen LogP contribution is -2.17. The third-order valence-electron chi connectivity index (χ3n) is 4.07. The van der Waals surface area contributed by atoms with Crippen LogP contribution in [0.25, 0.3) is 0 Å². The van der Waals surface area contributed by atoms with Crippen molar-refractivity contribution in [2.75, 3.05) is 11.9 Å². The molecule has 0 aliphatic rings. The summed E-state index contributed by atoms with van der Waals surface area (Å²) < 4.78 is 5.09. The molecule has 0 fully saturated rings. The van der Waals surface area contributed by atoms with Gasteiger partial charge in [0, 0.05) is 22.9 Å². The number of aliphatic carboxylic acids is 1. The maximum absolute atomic E-state index is 12.6. The van der Waals surface area contributed by atoms with Gasteiger partial charge in [0.2, 0.25) is 0 Å². The predicted molar refractivity (Wildman–Crippen MR) is 104 cm³/mol. The summed E-state index contributed by atoms with van der Waals surface area (Å²) in [5.41, 5.74) is 1.34. The first-order chi connectivity index (χ1) is 13.0. The van der Waals surface area contributed by atoms with Gasteiger partial charge in [-0.3, -0.25) is 14.9 Å². The normalized spacial score (nSPS) is 11.0. The Bertz CT molecular complexity index is 931. The third kappa shape index (κ3) is 5.06. The minimum atomic E-state index is -1.09. The molecule has 0 saturated carbocycles. The van der Waals surface area contributed by atoms with Gasteiger partial charge in [-0.25, -0.2) is 4.79 Å². The molecule has 2 aromatic carbocycles. The van der Waals surface area contributed by atoms with E-state index in [4.69, 9.17) is 9.84 Å². The number of nitrogens with one attached hydrogen (secondary N) is 1. The van der Waals surface area contributed by atoms with Gasteiger partial charge in [0.15, 0.2) is 6.61 Å². The lowest BCUT2D eigenvalue weighted by Gasteiger charge is -2.19. The van der Waals surface area contributed by atoms with Crippen LogP contribution < -0.4 is 10.1 Å². The molecule has 2 rings (SSSR count). The van der Waals surface area contributed by atoms with Crippen LogP contribution in [-0.2, 0) is 10.2 Å². The van der Waals surface area contributed by atoms with Crippen molar-refractivity contribution in [2.45, 2.75) is 33.1 Å². The maximum Gasteiger partial charge on any atom is 0.341 e. The summed E-state index contributed by atoms with van der Waals surface area (Å²) in [4.78, 5) is 34.0. The highest BCUT2D eigenvalue weighted by Crippen LogP contribution is 2.32. The number of amides is 1. The standard InChI is InChI=1S/C20H22N2O6/c1-12-9-14(28-11-18(23)24)6-8-16(12)21-19(25)13-5-7-15(20(2,3)4)17(10-13)22(26)27/h5-10H,11H2,1-4H3,(H,21,25)(H,23,24). The number of carbonyl (C=O) groups excluding carboxylic acids is 1. The topological polar surface area (TPSA) is 119 Å². The monoisotopic (exact) mass is 386 g/mol. The number of benzene rings is 2. The zero-order valence-electron chi connectivity index (χ0n) is 16.1. The molecule has 0 spiro atoms. The van der Waals surface area contributed by atoms with Gasteiger partial charge in [0.25, 0.3) is 11.6 Å². The lowest BCUT2D eigenvalue weighted by molar-refractivity contribution is -0.386. The van der Waals surface area contributed by atoms with Crippen LogP contribution in [0.4, 0.5) is 11.4 Å². The number of nitro benzene ring substituents is 1. The van der Waals surface area contributed by atoms with Crippen LogP contribution >= 0.6 is 0 Å². The molecule has 2 N–H and O–H groups in total. The number of hydrogen-bond acceptors (Lipinski definition) is 5. The Morgan fingerprint density at radius 2 is 1.86 bits per heavy atom. The van der Waals surface area contributed by atoms with Crippen LogP contribution in [0.15, 0.2) is 36.4 Å². The molecule has 0 bridgehead atoms.